The van der Waals surface area contributed by atoms with E-state index < -0.39 is 0 Å². The van der Waals surface area contributed by atoms with E-state index in [2.05, 4.69) is 17.1 Å². The van der Waals surface area contributed by atoms with Crippen molar-refractivity contribution >= 4 is 24.0 Å². The highest BCUT2D eigenvalue weighted by Crippen LogP contribution is 2.36. The van der Waals surface area contributed by atoms with Crippen LogP contribution in [0.3, 0.4) is 0 Å². The molecule has 2 rings (SSSR count). The van der Waals surface area contributed by atoms with Crippen molar-refractivity contribution in [2.75, 3.05) is 33.4 Å². The lowest BCUT2D eigenvalue weighted by atomic mass is 10.1. The first-order chi connectivity index (χ1) is 9.63. The first kappa shape index (κ1) is 18.4. The minimum Gasteiger partial charge on any atom is -0.493 e. The van der Waals surface area contributed by atoms with Crippen LogP contribution in [0.1, 0.15) is 19.4 Å². The maximum absolute atomic E-state index is 6.30. The Labute approximate surface area is 138 Å². The van der Waals surface area contributed by atoms with Gasteiger partial charge < -0.3 is 14.8 Å². The molecule has 6 heteroatoms. The number of hydrogen-bond acceptors (Lipinski definition) is 4. The Morgan fingerprint density at radius 1 is 1.43 bits per heavy atom. The second kappa shape index (κ2) is 8.69. The predicted molar refractivity (Wildman–Crippen MR) is 89.2 cm³/mol. The third-order valence-electron chi connectivity index (χ3n) is 3.44. The van der Waals surface area contributed by atoms with Gasteiger partial charge in [0.05, 0.1) is 18.7 Å². The van der Waals surface area contributed by atoms with Crippen LogP contribution in [-0.2, 0) is 6.54 Å². The monoisotopic (exact) mass is 334 g/mol. The Kier molecular flexibility index (Phi) is 7.60. The van der Waals surface area contributed by atoms with Crippen LogP contribution in [0.2, 0.25) is 5.02 Å². The lowest BCUT2D eigenvalue weighted by molar-refractivity contribution is 0.199. The normalized spacial score (nSPS) is 19.0. The van der Waals surface area contributed by atoms with E-state index in [1.807, 2.05) is 19.1 Å². The fraction of sp³-hybridized carbons (Fsp3) is 0.600. The van der Waals surface area contributed by atoms with Crippen molar-refractivity contribution in [2.45, 2.75) is 26.4 Å². The van der Waals surface area contributed by atoms with E-state index in [1.165, 1.54) is 0 Å². The summed E-state index contributed by atoms with van der Waals surface area (Å²) in [4.78, 5) is 2.42. The molecule has 4 nitrogen and oxygen atoms in total. The summed E-state index contributed by atoms with van der Waals surface area (Å²) in [7, 11) is 1.64. The number of hydrogen-bond donors (Lipinski definition) is 1. The fourth-order valence-electron chi connectivity index (χ4n) is 2.56. The van der Waals surface area contributed by atoms with Gasteiger partial charge in [0.15, 0.2) is 11.5 Å². The zero-order valence-corrected chi connectivity index (χ0v) is 14.4. The molecule has 0 spiro atoms. The molecule has 120 valence electrons. The van der Waals surface area contributed by atoms with Gasteiger partial charge in [0.2, 0.25) is 0 Å². The molecular formula is C15H24Cl2N2O2. The third-order valence-corrected chi connectivity index (χ3v) is 3.72. The number of rotatable bonds is 5. The fourth-order valence-corrected chi connectivity index (χ4v) is 2.85. The highest BCUT2D eigenvalue weighted by molar-refractivity contribution is 6.32. The van der Waals surface area contributed by atoms with Gasteiger partial charge in [0.25, 0.3) is 0 Å². The third kappa shape index (κ3) is 4.92. The summed E-state index contributed by atoms with van der Waals surface area (Å²) < 4.78 is 10.9. The molecule has 1 fully saturated rings. The Morgan fingerprint density at radius 2 is 2.19 bits per heavy atom. The molecule has 1 aliphatic rings. The zero-order valence-electron chi connectivity index (χ0n) is 12.8. The van der Waals surface area contributed by atoms with E-state index in [0.29, 0.717) is 29.2 Å². The van der Waals surface area contributed by atoms with Gasteiger partial charge >= 0.3 is 0 Å². The van der Waals surface area contributed by atoms with E-state index >= 15 is 0 Å². The SMILES string of the molecule is CCOc1c(Cl)cc(CN2CCNC(C)C2)cc1OC.Cl. The van der Waals surface area contributed by atoms with Gasteiger partial charge in [-0.25, -0.2) is 0 Å². The molecule has 0 bridgehead atoms. The largest absolute Gasteiger partial charge is 0.493 e. The molecule has 1 atom stereocenters. The number of ether oxygens (including phenoxy) is 2. The summed E-state index contributed by atoms with van der Waals surface area (Å²) in [5, 5.41) is 4.06. The van der Waals surface area contributed by atoms with E-state index in [1.54, 1.807) is 7.11 Å². The van der Waals surface area contributed by atoms with Crippen LogP contribution in [-0.4, -0.2) is 44.3 Å². The number of methoxy groups -OCH3 is 1. The van der Waals surface area contributed by atoms with Crippen LogP contribution in [0, 0.1) is 0 Å². The molecule has 1 aliphatic heterocycles. The van der Waals surface area contributed by atoms with Crippen molar-refractivity contribution in [1.82, 2.24) is 10.2 Å². The summed E-state index contributed by atoms with van der Waals surface area (Å²) in [5.41, 5.74) is 1.16. The minimum absolute atomic E-state index is 0. The van der Waals surface area contributed by atoms with Crippen molar-refractivity contribution in [2.24, 2.45) is 0 Å². The van der Waals surface area contributed by atoms with Gasteiger partial charge in [-0.15, -0.1) is 12.4 Å². The van der Waals surface area contributed by atoms with Gasteiger partial charge in [0.1, 0.15) is 0 Å². The molecule has 21 heavy (non-hydrogen) atoms. The van der Waals surface area contributed by atoms with Gasteiger partial charge in [-0.1, -0.05) is 11.6 Å². The lowest BCUT2D eigenvalue weighted by Gasteiger charge is -2.32. The smallest absolute Gasteiger partial charge is 0.179 e. The number of piperazine rings is 1. The van der Waals surface area contributed by atoms with E-state index in [-0.39, 0.29) is 12.4 Å². The highest BCUT2D eigenvalue weighted by atomic mass is 35.5. The zero-order chi connectivity index (χ0) is 14.5. The Hall–Kier alpha value is -0.680. The van der Waals surface area contributed by atoms with Crippen LogP contribution in [0.5, 0.6) is 11.5 Å². The summed E-state index contributed by atoms with van der Waals surface area (Å²) in [5.74, 6) is 1.34. The van der Waals surface area contributed by atoms with Crippen molar-refractivity contribution in [3.8, 4) is 11.5 Å². The van der Waals surface area contributed by atoms with Crippen molar-refractivity contribution in [3.05, 3.63) is 22.7 Å². The summed E-state index contributed by atoms with van der Waals surface area (Å²) >= 11 is 6.30. The minimum atomic E-state index is 0. The van der Waals surface area contributed by atoms with Gasteiger partial charge in [-0.2, -0.15) is 0 Å². The molecule has 0 aromatic heterocycles. The predicted octanol–water partition coefficient (Wildman–Crippen LogP) is 2.96. The van der Waals surface area contributed by atoms with Crippen molar-refractivity contribution in [1.29, 1.82) is 0 Å². The summed E-state index contributed by atoms with van der Waals surface area (Å²) in [6.45, 7) is 8.73. The first-order valence-electron chi connectivity index (χ1n) is 7.09. The number of nitrogens with one attached hydrogen (secondary N) is 1. The molecule has 1 unspecified atom stereocenters. The molecule has 1 heterocycles. The second-order valence-corrected chi connectivity index (χ2v) is 5.54. The highest BCUT2D eigenvalue weighted by Gasteiger charge is 2.17. The van der Waals surface area contributed by atoms with Crippen LogP contribution in [0.15, 0.2) is 12.1 Å². The Balaban J connectivity index is 0.00000220. The molecule has 0 aliphatic carbocycles. The van der Waals surface area contributed by atoms with Crippen LogP contribution in [0.4, 0.5) is 0 Å². The molecule has 1 aromatic rings. The van der Waals surface area contributed by atoms with Crippen LogP contribution in [0.25, 0.3) is 0 Å². The van der Waals surface area contributed by atoms with E-state index in [9.17, 15) is 0 Å². The standard InChI is InChI=1S/C15H23ClN2O2.ClH/c1-4-20-15-13(16)7-12(8-14(15)19-3)10-18-6-5-17-11(2)9-18;/h7-8,11,17H,4-6,9-10H2,1-3H3;1H. The van der Waals surface area contributed by atoms with E-state index in [4.69, 9.17) is 21.1 Å². The molecular weight excluding hydrogens is 311 g/mol. The maximum Gasteiger partial charge on any atom is 0.179 e. The molecule has 1 saturated heterocycles. The Bertz CT molecular complexity index is 458. The first-order valence-corrected chi connectivity index (χ1v) is 7.46. The van der Waals surface area contributed by atoms with E-state index in [0.717, 1.165) is 31.7 Å². The number of halogens is 2. The number of benzene rings is 1. The molecule has 0 amide bonds. The average molecular weight is 335 g/mol. The molecule has 1 N–H and O–H groups in total. The van der Waals surface area contributed by atoms with Gasteiger partial charge in [0, 0.05) is 32.2 Å². The topological polar surface area (TPSA) is 33.7 Å². The lowest BCUT2D eigenvalue weighted by Crippen LogP contribution is -2.48. The van der Waals surface area contributed by atoms with Crippen molar-refractivity contribution in [3.63, 3.8) is 0 Å². The summed E-state index contributed by atoms with van der Waals surface area (Å²) in [6, 6.07) is 4.52. The van der Waals surface area contributed by atoms with Crippen LogP contribution < -0.4 is 14.8 Å². The summed E-state index contributed by atoms with van der Waals surface area (Å²) in [6.07, 6.45) is 0. The van der Waals surface area contributed by atoms with Crippen molar-refractivity contribution < 1.29 is 9.47 Å². The molecule has 0 radical (unpaired) electrons. The van der Waals surface area contributed by atoms with Gasteiger partial charge in [-0.3, -0.25) is 4.90 Å². The maximum atomic E-state index is 6.30. The second-order valence-electron chi connectivity index (χ2n) is 5.13. The van der Waals surface area contributed by atoms with Gasteiger partial charge in [-0.05, 0) is 31.5 Å². The van der Waals surface area contributed by atoms with Crippen LogP contribution >= 0.6 is 24.0 Å². The average Bonchev–Trinajstić information content (AvgIpc) is 2.41. The molecule has 1 aromatic carbocycles. The Morgan fingerprint density at radius 3 is 2.81 bits per heavy atom. The number of nitrogens with zero attached hydrogens (tertiary/aromatic N) is 1. The molecule has 0 saturated carbocycles. The quantitative estimate of drug-likeness (QED) is 0.897.